The monoisotopic (exact) mass is 421 g/mol. The molecule has 2 unspecified atom stereocenters. The van der Waals surface area contributed by atoms with Crippen LogP contribution in [0.1, 0.15) is 23.6 Å². The number of hydrogen-bond acceptors (Lipinski definition) is 4. The van der Waals surface area contributed by atoms with E-state index in [4.69, 9.17) is 28.9 Å². The number of hydrogen-bond donors (Lipinski definition) is 2. The lowest BCUT2D eigenvalue weighted by atomic mass is 10.0. The molecule has 3 N–H and O–H groups in total. The van der Waals surface area contributed by atoms with Crippen LogP contribution in [-0.4, -0.2) is 53.6 Å². The van der Waals surface area contributed by atoms with Gasteiger partial charge in [0.2, 0.25) is 5.91 Å². The van der Waals surface area contributed by atoms with Gasteiger partial charge in [-0.25, -0.2) is 0 Å². The highest BCUT2D eigenvalue weighted by atomic mass is 35.5. The van der Waals surface area contributed by atoms with Gasteiger partial charge in [0.1, 0.15) is 0 Å². The number of likely N-dealkylation sites (tertiary alicyclic amines) is 1. The smallest absolute Gasteiger partial charge is 0.227 e. The fourth-order valence-corrected chi connectivity index (χ4v) is 3.88. The number of aliphatic hydroxyl groups is 1. The lowest BCUT2D eigenvalue weighted by molar-refractivity contribution is -0.131. The lowest BCUT2D eigenvalue weighted by Gasteiger charge is -2.32. The van der Waals surface area contributed by atoms with E-state index in [2.05, 4.69) is 4.90 Å². The van der Waals surface area contributed by atoms with Gasteiger partial charge < -0.3 is 15.7 Å². The predicted octanol–water partition coefficient (Wildman–Crippen LogP) is 3.38. The Morgan fingerprint density at radius 2 is 2.07 bits per heavy atom. The van der Waals surface area contributed by atoms with Gasteiger partial charge in [0.15, 0.2) is 0 Å². The predicted molar refractivity (Wildman–Crippen MR) is 114 cm³/mol. The third-order valence-electron chi connectivity index (χ3n) is 5.17. The number of aliphatic hydroxyl groups excluding tert-OH is 1. The van der Waals surface area contributed by atoms with Crippen molar-refractivity contribution in [3.8, 4) is 0 Å². The third kappa shape index (κ3) is 5.17. The number of nitrogens with two attached hydrogens (primary N) is 1. The maximum absolute atomic E-state index is 13.0. The molecule has 1 aliphatic heterocycles. The maximum Gasteiger partial charge on any atom is 0.227 e. The molecule has 0 spiro atoms. The zero-order valence-electron chi connectivity index (χ0n) is 15.8. The third-order valence-corrected chi connectivity index (χ3v) is 5.91. The van der Waals surface area contributed by atoms with E-state index in [0.29, 0.717) is 28.8 Å². The Labute approximate surface area is 175 Å². The first-order chi connectivity index (χ1) is 13.3. The summed E-state index contributed by atoms with van der Waals surface area (Å²) < 4.78 is 0. The Hall–Kier alpha value is -1.79. The standard InChI is InChI=1S/C21H25Cl2N3O2/c1-25(21(28)10-14-5-6-18(22)19(23)9-14)20(13-26-8-7-17(27)12-26)15-3-2-4-16(24)11-15/h2-6,9,11,17,20,27H,7-8,10,12-13,24H2,1H3. The van der Waals surface area contributed by atoms with Crippen molar-refractivity contribution in [1.29, 1.82) is 0 Å². The van der Waals surface area contributed by atoms with Gasteiger partial charge in [0, 0.05) is 32.4 Å². The molecule has 2 aromatic carbocycles. The van der Waals surface area contributed by atoms with E-state index < -0.39 is 0 Å². The second-order valence-corrected chi connectivity index (χ2v) is 8.13. The molecular weight excluding hydrogens is 397 g/mol. The quantitative estimate of drug-likeness (QED) is 0.701. The average molecular weight is 422 g/mol. The summed E-state index contributed by atoms with van der Waals surface area (Å²) >= 11 is 12.0. The molecule has 2 aromatic rings. The molecule has 2 atom stereocenters. The Morgan fingerprint density at radius 1 is 1.29 bits per heavy atom. The van der Waals surface area contributed by atoms with E-state index in [9.17, 15) is 9.90 Å². The Bertz CT molecular complexity index is 846. The van der Waals surface area contributed by atoms with Gasteiger partial charge in [-0.05, 0) is 41.8 Å². The van der Waals surface area contributed by atoms with Crippen LogP contribution in [0.25, 0.3) is 0 Å². The Kier molecular flexibility index (Phi) is 6.83. The Balaban J connectivity index is 1.79. The number of halogens is 2. The van der Waals surface area contributed by atoms with Gasteiger partial charge in [-0.2, -0.15) is 0 Å². The number of nitrogen functional groups attached to an aromatic ring is 1. The molecule has 5 nitrogen and oxygen atoms in total. The Morgan fingerprint density at radius 3 is 2.71 bits per heavy atom. The normalized spacial score (nSPS) is 18.2. The van der Waals surface area contributed by atoms with Crippen LogP contribution in [0.15, 0.2) is 42.5 Å². The van der Waals surface area contributed by atoms with Crippen molar-refractivity contribution >= 4 is 34.8 Å². The molecule has 1 saturated heterocycles. The van der Waals surface area contributed by atoms with Gasteiger partial charge in [-0.15, -0.1) is 0 Å². The van der Waals surface area contributed by atoms with Gasteiger partial charge in [0.25, 0.3) is 0 Å². The summed E-state index contributed by atoms with van der Waals surface area (Å²) in [6.07, 6.45) is 0.679. The van der Waals surface area contributed by atoms with Gasteiger partial charge in [-0.3, -0.25) is 9.69 Å². The number of amides is 1. The average Bonchev–Trinajstić information content (AvgIpc) is 3.07. The highest BCUT2D eigenvalue weighted by Gasteiger charge is 2.28. The number of rotatable bonds is 6. The first kappa shape index (κ1) is 20.9. The van der Waals surface area contributed by atoms with Crippen molar-refractivity contribution in [2.75, 3.05) is 32.4 Å². The number of carbonyl (C=O) groups excluding carboxylic acids is 1. The fraction of sp³-hybridized carbons (Fsp3) is 0.381. The molecule has 1 aliphatic rings. The summed E-state index contributed by atoms with van der Waals surface area (Å²) in [5, 5.41) is 10.8. The molecule has 1 amide bonds. The van der Waals surface area contributed by atoms with E-state index in [-0.39, 0.29) is 24.5 Å². The molecule has 28 heavy (non-hydrogen) atoms. The van der Waals surface area contributed by atoms with E-state index in [0.717, 1.165) is 24.1 Å². The summed E-state index contributed by atoms with van der Waals surface area (Å²) in [5.41, 5.74) is 8.43. The van der Waals surface area contributed by atoms with Crippen LogP contribution in [0, 0.1) is 0 Å². The molecular formula is C21H25Cl2N3O2. The van der Waals surface area contributed by atoms with Crippen molar-refractivity contribution in [2.24, 2.45) is 0 Å². The van der Waals surface area contributed by atoms with E-state index in [1.165, 1.54) is 0 Å². The fourth-order valence-electron chi connectivity index (χ4n) is 3.56. The number of β-amino-alcohol motifs (C(OH)–C–C–N with tert-alkyl or cyclic N) is 1. The van der Waals surface area contributed by atoms with Crippen LogP contribution in [0.5, 0.6) is 0 Å². The summed E-state index contributed by atoms with van der Waals surface area (Å²) in [6, 6.07) is 12.7. The zero-order chi connectivity index (χ0) is 20.3. The minimum absolute atomic E-state index is 0.0226. The first-order valence-corrected chi connectivity index (χ1v) is 10.0. The van der Waals surface area contributed by atoms with Crippen molar-refractivity contribution in [2.45, 2.75) is 25.0 Å². The zero-order valence-corrected chi connectivity index (χ0v) is 17.3. The van der Waals surface area contributed by atoms with Crippen LogP contribution in [-0.2, 0) is 11.2 Å². The molecule has 7 heteroatoms. The van der Waals surface area contributed by atoms with Crippen molar-refractivity contribution < 1.29 is 9.90 Å². The summed E-state index contributed by atoms with van der Waals surface area (Å²) in [7, 11) is 1.81. The SMILES string of the molecule is CN(C(=O)Cc1ccc(Cl)c(Cl)c1)C(CN1CCC(O)C1)c1cccc(N)c1. The number of likely N-dealkylation sites (N-methyl/N-ethyl adjacent to an activating group) is 1. The summed E-state index contributed by atoms with van der Waals surface area (Å²) in [4.78, 5) is 16.9. The van der Waals surface area contributed by atoms with Crippen LogP contribution < -0.4 is 5.73 Å². The van der Waals surface area contributed by atoms with Gasteiger partial charge in [-0.1, -0.05) is 41.4 Å². The van der Waals surface area contributed by atoms with E-state index in [1.54, 1.807) is 24.1 Å². The van der Waals surface area contributed by atoms with Crippen LogP contribution in [0.3, 0.4) is 0 Å². The first-order valence-electron chi connectivity index (χ1n) is 9.29. The molecule has 150 valence electrons. The van der Waals surface area contributed by atoms with Crippen LogP contribution in [0.4, 0.5) is 5.69 Å². The minimum Gasteiger partial charge on any atom is -0.399 e. The number of nitrogens with zero attached hydrogens (tertiary/aromatic N) is 2. The van der Waals surface area contributed by atoms with Crippen molar-refractivity contribution in [1.82, 2.24) is 9.80 Å². The molecule has 0 bridgehead atoms. The highest BCUT2D eigenvalue weighted by Crippen LogP contribution is 2.27. The molecule has 3 rings (SSSR count). The highest BCUT2D eigenvalue weighted by molar-refractivity contribution is 6.42. The second-order valence-electron chi connectivity index (χ2n) is 7.32. The molecule has 0 aromatic heterocycles. The van der Waals surface area contributed by atoms with Gasteiger partial charge in [0.05, 0.1) is 28.6 Å². The summed E-state index contributed by atoms with van der Waals surface area (Å²) in [6.45, 7) is 2.08. The second kappa shape index (κ2) is 9.14. The van der Waals surface area contributed by atoms with Crippen LogP contribution in [0.2, 0.25) is 10.0 Å². The van der Waals surface area contributed by atoms with Crippen LogP contribution >= 0.6 is 23.2 Å². The lowest BCUT2D eigenvalue weighted by Crippen LogP contribution is -2.39. The minimum atomic E-state index is -0.307. The summed E-state index contributed by atoms with van der Waals surface area (Å²) in [5.74, 6) is -0.0226. The molecule has 0 saturated carbocycles. The van der Waals surface area contributed by atoms with Crippen molar-refractivity contribution in [3.63, 3.8) is 0 Å². The molecule has 0 radical (unpaired) electrons. The van der Waals surface area contributed by atoms with Gasteiger partial charge >= 0.3 is 0 Å². The molecule has 0 aliphatic carbocycles. The van der Waals surface area contributed by atoms with E-state index >= 15 is 0 Å². The number of benzene rings is 2. The maximum atomic E-state index is 13.0. The van der Waals surface area contributed by atoms with Crippen molar-refractivity contribution in [3.05, 3.63) is 63.6 Å². The largest absolute Gasteiger partial charge is 0.399 e. The molecule has 1 fully saturated rings. The number of anilines is 1. The topological polar surface area (TPSA) is 69.8 Å². The van der Waals surface area contributed by atoms with E-state index in [1.807, 2.05) is 30.3 Å². The molecule has 1 heterocycles. The number of carbonyl (C=O) groups is 1.